The van der Waals surface area contributed by atoms with Crippen molar-refractivity contribution >= 4 is 27.5 Å². The molecule has 0 atom stereocenters. The number of hydrogen-bond donors (Lipinski definition) is 0. The summed E-state index contributed by atoms with van der Waals surface area (Å²) in [4.78, 5) is 0. The van der Waals surface area contributed by atoms with Gasteiger partial charge in [0.25, 0.3) is 0 Å². The predicted octanol–water partition coefficient (Wildman–Crippen LogP) is 4.82. The van der Waals surface area contributed by atoms with Crippen molar-refractivity contribution in [3.8, 4) is 5.75 Å². The van der Waals surface area contributed by atoms with Crippen molar-refractivity contribution in [2.45, 2.75) is 6.61 Å². The summed E-state index contributed by atoms with van der Waals surface area (Å²) in [5.74, 6) is -0.181. The summed E-state index contributed by atoms with van der Waals surface area (Å²) in [5.41, 5.74) is 0.830. The fourth-order valence-corrected chi connectivity index (χ4v) is 1.89. The van der Waals surface area contributed by atoms with Gasteiger partial charge < -0.3 is 4.74 Å². The van der Waals surface area contributed by atoms with Crippen molar-refractivity contribution < 1.29 is 9.13 Å². The van der Waals surface area contributed by atoms with Crippen molar-refractivity contribution in [3.63, 3.8) is 0 Å². The molecular formula is C13H9BrClFO. The largest absolute Gasteiger partial charge is 0.486 e. The number of hydrogen-bond acceptors (Lipinski definition) is 1. The molecule has 0 saturated carbocycles. The molecule has 0 N–H and O–H groups in total. The zero-order valence-corrected chi connectivity index (χ0v) is 11.1. The van der Waals surface area contributed by atoms with Crippen LogP contribution in [0.25, 0.3) is 0 Å². The Kier molecular flexibility index (Phi) is 4.02. The van der Waals surface area contributed by atoms with Gasteiger partial charge in [-0.2, -0.15) is 0 Å². The highest BCUT2D eigenvalue weighted by Gasteiger charge is 2.05. The Morgan fingerprint density at radius 3 is 2.65 bits per heavy atom. The highest BCUT2D eigenvalue weighted by molar-refractivity contribution is 9.10. The third-order valence-electron chi connectivity index (χ3n) is 2.23. The van der Waals surface area contributed by atoms with Gasteiger partial charge in [0, 0.05) is 15.1 Å². The summed E-state index contributed by atoms with van der Waals surface area (Å²) in [6, 6.07) is 12.0. The topological polar surface area (TPSA) is 9.23 Å². The SMILES string of the molecule is Fc1cc(Br)ccc1OCc1ccccc1Cl. The van der Waals surface area contributed by atoms with Crippen LogP contribution in [0.15, 0.2) is 46.9 Å². The van der Waals surface area contributed by atoms with E-state index in [0.29, 0.717) is 9.50 Å². The minimum atomic E-state index is -0.397. The molecule has 0 radical (unpaired) electrons. The molecule has 4 heteroatoms. The van der Waals surface area contributed by atoms with Crippen molar-refractivity contribution in [2.24, 2.45) is 0 Å². The van der Waals surface area contributed by atoms with E-state index in [1.165, 1.54) is 6.07 Å². The Morgan fingerprint density at radius 1 is 1.18 bits per heavy atom. The third-order valence-corrected chi connectivity index (χ3v) is 3.10. The second-order valence-corrected chi connectivity index (χ2v) is 4.78. The summed E-state index contributed by atoms with van der Waals surface area (Å²) in [6.07, 6.45) is 0. The first kappa shape index (κ1) is 12.4. The molecule has 0 fully saturated rings. The fraction of sp³-hybridized carbons (Fsp3) is 0.0769. The van der Waals surface area contributed by atoms with E-state index in [9.17, 15) is 4.39 Å². The van der Waals surface area contributed by atoms with Crippen LogP contribution in [0.1, 0.15) is 5.56 Å². The molecule has 1 nitrogen and oxygen atoms in total. The lowest BCUT2D eigenvalue weighted by Gasteiger charge is -2.08. The number of rotatable bonds is 3. The van der Waals surface area contributed by atoms with Gasteiger partial charge in [0.1, 0.15) is 6.61 Å². The van der Waals surface area contributed by atoms with Crippen molar-refractivity contribution in [3.05, 3.63) is 63.3 Å². The lowest BCUT2D eigenvalue weighted by molar-refractivity contribution is 0.290. The maximum absolute atomic E-state index is 13.5. The Morgan fingerprint density at radius 2 is 1.94 bits per heavy atom. The van der Waals surface area contributed by atoms with Gasteiger partial charge in [-0.3, -0.25) is 0 Å². The molecule has 17 heavy (non-hydrogen) atoms. The van der Waals surface area contributed by atoms with Crippen LogP contribution in [0.4, 0.5) is 4.39 Å². The highest BCUT2D eigenvalue weighted by atomic mass is 79.9. The van der Waals surface area contributed by atoms with E-state index < -0.39 is 5.82 Å². The molecule has 2 aromatic carbocycles. The minimum Gasteiger partial charge on any atom is -0.486 e. The lowest BCUT2D eigenvalue weighted by Crippen LogP contribution is -1.97. The molecule has 0 aliphatic carbocycles. The first-order valence-electron chi connectivity index (χ1n) is 4.98. The zero-order valence-electron chi connectivity index (χ0n) is 8.79. The summed E-state index contributed by atoms with van der Waals surface area (Å²) in [5, 5.41) is 0.616. The quantitative estimate of drug-likeness (QED) is 0.789. The van der Waals surface area contributed by atoms with Crippen LogP contribution in [0.2, 0.25) is 5.02 Å². The molecule has 0 heterocycles. The molecule has 88 valence electrons. The van der Waals surface area contributed by atoms with Gasteiger partial charge in [0.2, 0.25) is 0 Å². The second kappa shape index (κ2) is 5.52. The summed E-state index contributed by atoms with van der Waals surface area (Å²) in [6.45, 7) is 0.248. The lowest BCUT2D eigenvalue weighted by atomic mass is 10.2. The van der Waals surface area contributed by atoms with Gasteiger partial charge in [-0.05, 0) is 24.3 Å². The average Bonchev–Trinajstić information content (AvgIpc) is 2.30. The van der Waals surface area contributed by atoms with Gasteiger partial charge in [-0.25, -0.2) is 4.39 Å². The monoisotopic (exact) mass is 314 g/mol. The molecule has 2 rings (SSSR count). The first-order valence-corrected chi connectivity index (χ1v) is 6.15. The number of ether oxygens (including phenoxy) is 1. The fourth-order valence-electron chi connectivity index (χ4n) is 1.36. The van der Waals surface area contributed by atoms with E-state index in [-0.39, 0.29) is 12.4 Å². The molecular weight excluding hydrogens is 306 g/mol. The molecule has 0 unspecified atom stereocenters. The minimum absolute atomic E-state index is 0.216. The predicted molar refractivity (Wildman–Crippen MR) is 69.9 cm³/mol. The van der Waals surface area contributed by atoms with Gasteiger partial charge >= 0.3 is 0 Å². The molecule has 0 amide bonds. The van der Waals surface area contributed by atoms with Crippen LogP contribution in [0.3, 0.4) is 0 Å². The first-order chi connectivity index (χ1) is 8.16. The van der Waals surface area contributed by atoms with Crippen LogP contribution >= 0.6 is 27.5 Å². The van der Waals surface area contributed by atoms with Crippen LogP contribution in [-0.2, 0) is 6.61 Å². The molecule has 2 aromatic rings. The van der Waals surface area contributed by atoms with Crippen LogP contribution in [-0.4, -0.2) is 0 Å². The smallest absolute Gasteiger partial charge is 0.166 e. The second-order valence-electron chi connectivity index (χ2n) is 3.45. The Bertz CT molecular complexity index is 531. The van der Waals surface area contributed by atoms with E-state index in [4.69, 9.17) is 16.3 Å². The van der Waals surface area contributed by atoms with Gasteiger partial charge in [0.15, 0.2) is 11.6 Å². The summed E-state index contributed by atoms with van der Waals surface area (Å²) >= 11 is 9.16. The molecule has 0 aromatic heterocycles. The van der Waals surface area contributed by atoms with E-state index in [1.54, 1.807) is 18.2 Å². The summed E-state index contributed by atoms with van der Waals surface area (Å²) < 4.78 is 19.5. The van der Waals surface area contributed by atoms with Crippen molar-refractivity contribution in [1.82, 2.24) is 0 Å². The average molecular weight is 316 g/mol. The molecule has 0 spiro atoms. The van der Waals surface area contributed by atoms with E-state index >= 15 is 0 Å². The Labute approximate surface area is 112 Å². The summed E-state index contributed by atoms with van der Waals surface area (Å²) in [7, 11) is 0. The number of halogens is 3. The number of benzene rings is 2. The molecule has 0 aliphatic rings. The van der Waals surface area contributed by atoms with E-state index in [2.05, 4.69) is 15.9 Å². The van der Waals surface area contributed by atoms with Gasteiger partial charge in [0.05, 0.1) is 0 Å². The van der Waals surface area contributed by atoms with Crippen LogP contribution in [0, 0.1) is 5.82 Å². The molecule has 0 bridgehead atoms. The van der Waals surface area contributed by atoms with Crippen molar-refractivity contribution in [1.29, 1.82) is 0 Å². The van der Waals surface area contributed by atoms with Gasteiger partial charge in [-0.15, -0.1) is 0 Å². The Hall–Kier alpha value is -1.06. The van der Waals surface area contributed by atoms with E-state index in [1.807, 2.05) is 18.2 Å². The van der Waals surface area contributed by atoms with E-state index in [0.717, 1.165) is 5.56 Å². The van der Waals surface area contributed by atoms with Crippen LogP contribution < -0.4 is 4.74 Å². The van der Waals surface area contributed by atoms with Gasteiger partial charge in [-0.1, -0.05) is 45.7 Å². The molecule has 0 saturated heterocycles. The maximum atomic E-state index is 13.5. The third kappa shape index (κ3) is 3.20. The Balaban J connectivity index is 2.10. The van der Waals surface area contributed by atoms with Crippen molar-refractivity contribution in [2.75, 3.05) is 0 Å². The standard InChI is InChI=1S/C13H9BrClFO/c14-10-5-6-13(12(16)7-10)17-8-9-3-1-2-4-11(9)15/h1-7H,8H2. The molecule has 0 aliphatic heterocycles. The zero-order chi connectivity index (χ0) is 12.3. The maximum Gasteiger partial charge on any atom is 0.166 e. The highest BCUT2D eigenvalue weighted by Crippen LogP contribution is 2.23. The van der Waals surface area contributed by atoms with Crippen LogP contribution in [0.5, 0.6) is 5.75 Å². The normalized spacial score (nSPS) is 10.3.